The number of thiophene rings is 2. The molecule has 0 bridgehead atoms. The summed E-state index contributed by atoms with van der Waals surface area (Å²) in [7, 11) is 0. The van der Waals surface area contributed by atoms with E-state index in [1.54, 1.807) is 11.3 Å². The van der Waals surface area contributed by atoms with Gasteiger partial charge in [-0.2, -0.15) is 0 Å². The zero-order valence-corrected chi connectivity index (χ0v) is 31.9. The highest BCUT2D eigenvalue weighted by Crippen LogP contribution is 2.45. The Morgan fingerprint density at radius 2 is 1.11 bits per heavy atom. The van der Waals surface area contributed by atoms with Crippen molar-refractivity contribution in [2.24, 2.45) is 0 Å². The number of para-hydroxylation sites is 1. The summed E-state index contributed by atoms with van der Waals surface area (Å²) in [6.45, 7) is 4.00. The average Bonchev–Trinajstić information content (AvgIpc) is 3.94. The fraction of sp³-hybridized carbons (Fsp3) is 0.0400. The van der Waals surface area contributed by atoms with Crippen LogP contribution in [0.2, 0.25) is 0 Å². The van der Waals surface area contributed by atoms with Crippen LogP contribution in [0.1, 0.15) is 13.8 Å². The highest BCUT2D eigenvalue weighted by Gasteiger charge is 2.23. The molecular formula is C50H33N3S2. The number of aromatic nitrogens is 3. The molecule has 8 aromatic carbocycles. The predicted octanol–water partition coefficient (Wildman–Crippen LogP) is 15.0. The summed E-state index contributed by atoms with van der Waals surface area (Å²) in [4.78, 5) is 11.0. The van der Waals surface area contributed by atoms with E-state index >= 15 is 0 Å². The Hall–Kier alpha value is -6.40. The zero-order valence-electron chi connectivity index (χ0n) is 30.2. The molecule has 3 nitrogen and oxygen atoms in total. The van der Waals surface area contributed by atoms with Gasteiger partial charge >= 0.3 is 0 Å². The largest absolute Gasteiger partial charge is 0.277 e. The molecule has 260 valence electrons. The third kappa shape index (κ3) is 4.80. The summed E-state index contributed by atoms with van der Waals surface area (Å²) in [5.74, 6) is 0.677. The first kappa shape index (κ1) is 32.1. The lowest BCUT2D eigenvalue weighted by Gasteiger charge is -2.13. The van der Waals surface area contributed by atoms with E-state index in [0.29, 0.717) is 5.95 Å². The molecule has 4 aromatic heterocycles. The van der Waals surface area contributed by atoms with Crippen LogP contribution in [0.5, 0.6) is 0 Å². The van der Waals surface area contributed by atoms with Crippen LogP contribution in [0.15, 0.2) is 164 Å². The van der Waals surface area contributed by atoms with Crippen molar-refractivity contribution >= 4 is 106 Å². The second-order valence-electron chi connectivity index (χ2n) is 13.7. The minimum absolute atomic E-state index is 0.677. The fourth-order valence-electron chi connectivity index (χ4n) is 8.46. The van der Waals surface area contributed by atoms with Gasteiger partial charge in [0.2, 0.25) is 5.95 Å². The zero-order chi connectivity index (χ0) is 36.6. The molecule has 12 aromatic rings. The molecule has 0 radical (unpaired) electrons. The molecule has 0 aliphatic heterocycles. The Bertz CT molecular complexity index is 3460. The van der Waals surface area contributed by atoms with Crippen LogP contribution in [0.25, 0.3) is 112 Å². The summed E-state index contributed by atoms with van der Waals surface area (Å²) >= 11 is 3.64. The van der Waals surface area contributed by atoms with E-state index < -0.39 is 0 Å². The van der Waals surface area contributed by atoms with Gasteiger partial charge in [-0.1, -0.05) is 147 Å². The predicted molar refractivity (Wildman–Crippen MR) is 239 cm³/mol. The maximum absolute atomic E-state index is 5.50. The summed E-state index contributed by atoms with van der Waals surface area (Å²) in [6.07, 6.45) is 0. The van der Waals surface area contributed by atoms with E-state index in [1.807, 2.05) is 25.2 Å². The van der Waals surface area contributed by atoms with Gasteiger partial charge < -0.3 is 0 Å². The third-order valence-corrected chi connectivity index (χ3v) is 13.1. The van der Waals surface area contributed by atoms with Gasteiger partial charge in [-0.3, -0.25) is 4.57 Å². The van der Waals surface area contributed by atoms with Gasteiger partial charge in [0.15, 0.2) is 0 Å². The van der Waals surface area contributed by atoms with E-state index in [9.17, 15) is 0 Å². The molecule has 0 fully saturated rings. The Balaban J connectivity index is 0.00000173. The van der Waals surface area contributed by atoms with E-state index in [0.717, 1.165) is 43.5 Å². The summed E-state index contributed by atoms with van der Waals surface area (Å²) in [5, 5.41) is 11.2. The molecule has 12 rings (SSSR count). The van der Waals surface area contributed by atoms with Crippen molar-refractivity contribution in [3.63, 3.8) is 0 Å². The maximum atomic E-state index is 5.50. The molecule has 0 N–H and O–H groups in total. The SMILES string of the molecule is CC.c1ccc(-c2nc(-n3c4ccc5ccccc5c4c4cccc(-c5ccc6sc7ccc8ccccc8c7c6c5)c43)nc3c2sc2ccccc23)cc1. The van der Waals surface area contributed by atoms with E-state index in [2.05, 4.69) is 168 Å². The number of hydrogen-bond donors (Lipinski definition) is 0. The van der Waals surface area contributed by atoms with Crippen LogP contribution in [0.4, 0.5) is 0 Å². The van der Waals surface area contributed by atoms with Crippen LogP contribution in [0, 0.1) is 0 Å². The third-order valence-electron chi connectivity index (χ3n) is 10.8. The molecule has 0 aliphatic rings. The van der Waals surface area contributed by atoms with Gasteiger partial charge in [0.1, 0.15) is 0 Å². The van der Waals surface area contributed by atoms with Gasteiger partial charge in [0.25, 0.3) is 0 Å². The van der Waals surface area contributed by atoms with Crippen molar-refractivity contribution in [2.75, 3.05) is 0 Å². The Labute approximate surface area is 325 Å². The molecule has 0 spiro atoms. The van der Waals surface area contributed by atoms with Gasteiger partial charge in [-0.15, -0.1) is 22.7 Å². The monoisotopic (exact) mass is 739 g/mol. The molecule has 0 saturated carbocycles. The smallest absolute Gasteiger partial charge is 0.235 e. The van der Waals surface area contributed by atoms with Crippen molar-refractivity contribution in [3.05, 3.63) is 164 Å². The normalized spacial score (nSPS) is 11.8. The average molecular weight is 740 g/mol. The summed E-state index contributed by atoms with van der Waals surface area (Å²) < 4.78 is 7.26. The minimum Gasteiger partial charge on any atom is -0.277 e. The van der Waals surface area contributed by atoms with Crippen LogP contribution in [-0.2, 0) is 0 Å². The Kier molecular flexibility index (Phi) is 7.34. The number of nitrogens with zero attached hydrogens (tertiary/aromatic N) is 3. The second kappa shape index (κ2) is 12.6. The molecule has 55 heavy (non-hydrogen) atoms. The molecule has 5 heteroatoms. The van der Waals surface area contributed by atoms with Crippen molar-refractivity contribution in [1.82, 2.24) is 14.5 Å². The van der Waals surface area contributed by atoms with Crippen LogP contribution < -0.4 is 0 Å². The molecule has 0 saturated heterocycles. The highest BCUT2D eigenvalue weighted by atomic mass is 32.1. The molecule has 4 heterocycles. The quantitative estimate of drug-likeness (QED) is 0.181. The van der Waals surface area contributed by atoms with Gasteiger partial charge in [0, 0.05) is 52.2 Å². The number of benzene rings is 8. The highest BCUT2D eigenvalue weighted by molar-refractivity contribution is 7.26. The van der Waals surface area contributed by atoms with Crippen molar-refractivity contribution < 1.29 is 0 Å². The van der Waals surface area contributed by atoms with Crippen molar-refractivity contribution in [1.29, 1.82) is 0 Å². The van der Waals surface area contributed by atoms with Gasteiger partial charge in [-0.05, 0) is 57.4 Å². The molecule has 0 aliphatic carbocycles. The number of hydrogen-bond acceptors (Lipinski definition) is 4. The van der Waals surface area contributed by atoms with Crippen molar-refractivity contribution in [2.45, 2.75) is 13.8 Å². The first-order valence-electron chi connectivity index (χ1n) is 18.8. The number of rotatable bonds is 3. The molecule has 0 atom stereocenters. The van der Waals surface area contributed by atoms with Crippen LogP contribution in [-0.4, -0.2) is 14.5 Å². The fourth-order valence-corrected chi connectivity index (χ4v) is 10.7. The second-order valence-corrected chi connectivity index (χ2v) is 15.8. The van der Waals surface area contributed by atoms with Crippen molar-refractivity contribution in [3.8, 4) is 28.3 Å². The minimum atomic E-state index is 0.677. The summed E-state index contributed by atoms with van der Waals surface area (Å²) in [5.41, 5.74) is 7.57. The standard InChI is InChI=1S/C48H27N3S2.C2H6/c1-2-13-30(14-3-1)44-47-45(35-17-8-9-20-39(35)53-47)50-48(49-44)51-38-24-21-28-11-4-6-15-32(28)42(38)36-19-10-18-34(46(36)51)31-23-25-40-37(27-31)43-33-16-7-5-12-29(33)22-26-41(43)52-40;1-2/h1-27H;1-2H3. The lowest BCUT2D eigenvalue weighted by molar-refractivity contribution is 1.02. The topological polar surface area (TPSA) is 30.7 Å². The number of fused-ring (bicyclic) bond motifs is 13. The van der Waals surface area contributed by atoms with Crippen LogP contribution >= 0.6 is 22.7 Å². The van der Waals surface area contributed by atoms with E-state index in [1.165, 1.54) is 62.8 Å². The molecule has 0 amide bonds. The molecular weight excluding hydrogens is 707 g/mol. The lowest BCUT2D eigenvalue weighted by atomic mass is 9.97. The van der Waals surface area contributed by atoms with E-state index in [4.69, 9.17) is 9.97 Å². The first-order chi connectivity index (χ1) is 27.3. The van der Waals surface area contributed by atoms with Gasteiger partial charge in [0.05, 0.1) is 26.9 Å². The van der Waals surface area contributed by atoms with Crippen LogP contribution in [0.3, 0.4) is 0 Å². The maximum Gasteiger partial charge on any atom is 0.235 e. The lowest BCUT2D eigenvalue weighted by Crippen LogP contribution is -2.03. The Morgan fingerprint density at radius 3 is 1.93 bits per heavy atom. The molecule has 0 unspecified atom stereocenters. The summed E-state index contributed by atoms with van der Waals surface area (Å²) in [6, 6.07) is 59.4. The Morgan fingerprint density at radius 1 is 0.455 bits per heavy atom. The van der Waals surface area contributed by atoms with E-state index in [-0.39, 0.29) is 0 Å². The van der Waals surface area contributed by atoms with Gasteiger partial charge in [-0.25, -0.2) is 9.97 Å². The first-order valence-corrected chi connectivity index (χ1v) is 20.5.